The maximum Gasteiger partial charge on any atom is 0.397 e. The first-order valence-corrected chi connectivity index (χ1v) is 8.03. The van der Waals surface area contributed by atoms with Gasteiger partial charge in [-0.1, -0.05) is 0 Å². The lowest BCUT2D eigenvalue weighted by atomic mass is 9.38. The van der Waals surface area contributed by atoms with E-state index < -0.39 is 76.6 Å². The summed E-state index contributed by atoms with van der Waals surface area (Å²) in [5.74, 6) is -36.1. The summed E-state index contributed by atoms with van der Waals surface area (Å²) in [6, 6.07) is 0. The highest BCUT2D eigenvalue weighted by atomic mass is 19.3. The SMILES string of the molecule is CC(O)COC(F)(F)C1(F)C2(F)C(=O)C3(F)C(F)(F)C(F)(C2(F)F)C(F)(F)C1(F)C3(F)F. The summed E-state index contributed by atoms with van der Waals surface area (Å²) in [7, 11) is 0. The van der Waals surface area contributed by atoms with Crippen LogP contribution in [0.25, 0.3) is 0 Å². The van der Waals surface area contributed by atoms with Crippen molar-refractivity contribution in [2.75, 3.05) is 6.61 Å². The molecule has 3 nitrogen and oxygen atoms in total. The van der Waals surface area contributed by atoms with Crippen molar-refractivity contribution in [1.29, 1.82) is 0 Å². The molecule has 4 bridgehead atoms. The van der Waals surface area contributed by atoms with Crippen molar-refractivity contribution in [3.63, 3.8) is 0 Å². The average molecular weight is 508 g/mol. The van der Waals surface area contributed by atoms with Crippen molar-refractivity contribution in [2.24, 2.45) is 0 Å². The third kappa shape index (κ3) is 1.62. The van der Waals surface area contributed by atoms with Crippen molar-refractivity contribution in [2.45, 2.75) is 71.2 Å². The predicted octanol–water partition coefficient (Wildman–Crippen LogP) is 3.67. The second kappa shape index (κ2) is 5.43. The third-order valence-corrected chi connectivity index (χ3v) is 5.94. The van der Waals surface area contributed by atoms with Crippen LogP contribution in [0.3, 0.4) is 0 Å². The first kappa shape index (κ1) is 25.2. The third-order valence-electron chi connectivity index (χ3n) is 5.94. The Bertz CT molecular complexity index is 889. The molecule has 1 N–H and O–H groups in total. The van der Waals surface area contributed by atoms with Gasteiger partial charge in [-0.3, -0.25) is 4.79 Å². The standard InChI is InChI=1S/C14H7F15O3/c1-3(30)2-32-14(28,29)7(17)5(15)4(31)6(16)11(22,23)8(7,18)13(26,27)9(19,10(5,20)21)12(6,24)25/h3,30H,2H2,1H3. The number of carbonyl (C=O) groups excluding carboxylic acids is 1. The molecule has 0 aromatic heterocycles. The Labute approximate surface area is 165 Å². The van der Waals surface area contributed by atoms with Crippen LogP contribution in [0.15, 0.2) is 0 Å². The summed E-state index contributed by atoms with van der Waals surface area (Å²) in [5.41, 5.74) is -38.1. The number of ether oxygens (including phenoxy) is 1. The Morgan fingerprint density at radius 2 is 1.12 bits per heavy atom. The second-order valence-corrected chi connectivity index (χ2v) is 7.60. The van der Waals surface area contributed by atoms with Crippen molar-refractivity contribution in [1.82, 2.24) is 0 Å². The van der Waals surface area contributed by atoms with E-state index in [1.54, 1.807) is 0 Å². The topological polar surface area (TPSA) is 46.5 Å². The van der Waals surface area contributed by atoms with E-state index >= 15 is 13.2 Å². The first-order chi connectivity index (χ1) is 13.8. The molecule has 6 unspecified atom stereocenters. The number of rotatable bonds is 4. The fourth-order valence-corrected chi connectivity index (χ4v) is 4.37. The number of alkyl halides is 15. The van der Waals surface area contributed by atoms with E-state index in [1.165, 1.54) is 0 Å². The lowest BCUT2D eigenvalue weighted by molar-refractivity contribution is -0.555. The van der Waals surface area contributed by atoms with Crippen molar-refractivity contribution in [3.8, 4) is 0 Å². The maximum absolute atomic E-state index is 15.3. The molecule has 4 aliphatic carbocycles. The van der Waals surface area contributed by atoms with Crippen LogP contribution in [0.1, 0.15) is 6.92 Å². The molecule has 186 valence electrons. The zero-order valence-electron chi connectivity index (χ0n) is 14.7. The van der Waals surface area contributed by atoms with Crippen LogP contribution in [0.2, 0.25) is 0 Å². The molecule has 0 aromatic rings. The molecule has 0 radical (unpaired) electrons. The van der Waals surface area contributed by atoms with E-state index in [0.717, 1.165) is 0 Å². The molecule has 4 aliphatic rings. The van der Waals surface area contributed by atoms with Crippen LogP contribution in [-0.2, 0) is 9.53 Å². The molecule has 0 aromatic carbocycles. The maximum atomic E-state index is 15.3. The highest BCUT2D eigenvalue weighted by molar-refractivity contribution is 6.04. The summed E-state index contributed by atoms with van der Waals surface area (Å²) < 4.78 is 220. The van der Waals surface area contributed by atoms with Crippen molar-refractivity contribution in [3.05, 3.63) is 0 Å². The van der Waals surface area contributed by atoms with Gasteiger partial charge in [-0.25, -0.2) is 22.0 Å². The van der Waals surface area contributed by atoms with Crippen LogP contribution >= 0.6 is 0 Å². The normalized spacial score (nSPS) is 48.7. The van der Waals surface area contributed by atoms with E-state index in [9.17, 15) is 57.5 Å². The van der Waals surface area contributed by atoms with Crippen LogP contribution in [0, 0.1) is 0 Å². The Morgan fingerprint density at radius 3 is 1.53 bits per heavy atom. The van der Waals surface area contributed by atoms with Gasteiger partial charge in [-0.15, -0.1) is 0 Å². The Kier molecular flexibility index (Phi) is 4.27. The summed E-state index contributed by atoms with van der Waals surface area (Å²) in [6.07, 6.45) is -9.33. The molecule has 0 aliphatic heterocycles. The van der Waals surface area contributed by atoms with E-state index in [1.807, 2.05) is 0 Å². The van der Waals surface area contributed by atoms with Crippen LogP contribution in [-0.4, -0.2) is 81.7 Å². The Hall–Kier alpha value is -1.46. The van der Waals surface area contributed by atoms with Crippen LogP contribution < -0.4 is 0 Å². The molecule has 0 spiro atoms. The van der Waals surface area contributed by atoms with Crippen molar-refractivity contribution < 1.29 is 80.5 Å². The number of halogens is 15. The smallest absolute Gasteiger partial charge is 0.391 e. The first-order valence-electron chi connectivity index (χ1n) is 8.03. The lowest BCUT2D eigenvalue weighted by Gasteiger charge is -2.72. The van der Waals surface area contributed by atoms with Crippen LogP contribution in [0.4, 0.5) is 65.9 Å². The van der Waals surface area contributed by atoms with E-state index in [2.05, 4.69) is 4.74 Å². The molecule has 4 rings (SSSR count). The number of Topliss-reactive ketones (excluding diaryl/α,β-unsaturated/α-hetero) is 1. The predicted molar refractivity (Wildman–Crippen MR) is 66.6 cm³/mol. The van der Waals surface area contributed by atoms with Gasteiger partial charge in [0.2, 0.25) is 5.78 Å². The zero-order valence-corrected chi connectivity index (χ0v) is 14.7. The molecule has 4 fully saturated rings. The minimum atomic E-state index is -8.02. The number of hydrogen-bond acceptors (Lipinski definition) is 3. The summed E-state index contributed by atoms with van der Waals surface area (Å²) in [6.45, 7) is -1.66. The number of carbonyl (C=O) groups is 1. The van der Waals surface area contributed by atoms with E-state index in [-0.39, 0.29) is 0 Å². The van der Waals surface area contributed by atoms with Gasteiger partial charge in [0.05, 0.1) is 12.7 Å². The Balaban J connectivity index is 2.59. The fourth-order valence-electron chi connectivity index (χ4n) is 4.37. The Morgan fingerprint density at radius 1 is 0.750 bits per heavy atom. The van der Waals surface area contributed by atoms with Crippen molar-refractivity contribution >= 4 is 5.78 Å². The second-order valence-electron chi connectivity index (χ2n) is 7.60. The average Bonchev–Trinajstić information content (AvgIpc) is 2.64. The quantitative estimate of drug-likeness (QED) is 0.590. The van der Waals surface area contributed by atoms with Gasteiger partial charge in [-0.05, 0) is 6.92 Å². The van der Waals surface area contributed by atoms with Gasteiger partial charge in [0.1, 0.15) is 0 Å². The molecular weight excluding hydrogens is 501 g/mol. The lowest BCUT2D eigenvalue weighted by Crippen LogP contribution is -3.08. The largest absolute Gasteiger partial charge is 0.397 e. The summed E-state index contributed by atoms with van der Waals surface area (Å²) in [4.78, 5) is 11.7. The molecule has 0 amide bonds. The number of aliphatic hydroxyl groups excluding tert-OH is 1. The molecule has 32 heavy (non-hydrogen) atoms. The fraction of sp³-hybridized carbons (Fsp3) is 0.929. The molecule has 6 atom stereocenters. The highest BCUT2D eigenvalue weighted by Crippen LogP contribution is 2.86. The van der Waals surface area contributed by atoms with Gasteiger partial charge in [0.15, 0.2) is 0 Å². The number of aliphatic hydroxyl groups is 1. The monoisotopic (exact) mass is 508 g/mol. The van der Waals surface area contributed by atoms with E-state index in [4.69, 9.17) is 5.11 Å². The molecular formula is C14H7F15O3. The van der Waals surface area contributed by atoms with Gasteiger partial charge < -0.3 is 9.84 Å². The molecule has 0 heterocycles. The van der Waals surface area contributed by atoms with Gasteiger partial charge >= 0.3 is 41.1 Å². The van der Waals surface area contributed by atoms with Crippen LogP contribution in [0.5, 0.6) is 0 Å². The minimum Gasteiger partial charge on any atom is -0.391 e. The minimum absolute atomic E-state index is 0.463. The molecule has 0 saturated heterocycles. The van der Waals surface area contributed by atoms with E-state index in [0.29, 0.717) is 6.92 Å². The van der Waals surface area contributed by atoms with Gasteiger partial charge in [0.25, 0.3) is 17.0 Å². The highest BCUT2D eigenvalue weighted by Gasteiger charge is 3.21. The zero-order chi connectivity index (χ0) is 25.6. The number of hydrogen-bond donors (Lipinski definition) is 1. The summed E-state index contributed by atoms with van der Waals surface area (Å²) in [5, 5.41) is 8.79. The van der Waals surface area contributed by atoms with Gasteiger partial charge in [-0.2, -0.15) is 43.9 Å². The molecule has 18 heteroatoms. The van der Waals surface area contributed by atoms with Gasteiger partial charge in [0, 0.05) is 0 Å². The number of ketones is 1. The summed E-state index contributed by atoms with van der Waals surface area (Å²) >= 11 is 0. The molecule has 4 saturated carbocycles.